The van der Waals surface area contributed by atoms with Crippen molar-refractivity contribution in [3.8, 4) is 5.75 Å². The second kappa shape index (κ2) is 4.31. The molecule has 3 rings (SSSR count). The minimum absolute atomic E-state index is 0.237. The highest BCUT2D eigenvalue weighted by molar-refractivity contribution is 5.72. The highest BCUT2D eigenvalue weighted by Crippen LogP contribution is 2.41. The Labute approximate surface area is 109 Å². The van der Waals surface area contributed by atoms with Crippen LogP contribution in [-0.2, 0) is 0 Å². The summed E-state index contributed by atoms with van der Waals surface area (Å²) in [6.45, 7) is 4.38. The Morgan fingerprint density at radius 1 is 1.17 bits per heavy atom. The Morgan fingerprint density at radius 3 is 2.78 bits per heavy atom. The lowest BCUT2D eigenvalue weighted by atomic mass is 9.83. The summed E-state index contributed by atoms with van der Waals surface area (Å²) in [5, 5.41) is 0. The molecule has 18 heavy (non-hydrogen) atoms. The summed E-state index contributed by atoms with van der Waals surface area (Å²) in [6, 6.07) is 8.33. The smallest absolute Gasteiger partial charge is 0.146 e. The molecular weight excluding hydrogens is 220 g/mol. The van der Waals surface area contributed by atoms with Crippen LogP contribution in [0.2, 0.25) is 0 Å². The van der Waals surface area contributed by atoms with Crippen LogP contribution < -0.4 is 4.74 Å². The molecule has 0 radical (unpaired) electrons. The fraction of sp³-hybridized carbons (Fsp3) is 0.412. The van der Waals surface area contributed by atoms with Crippen molar-refractivity contribution in [3.05, 3.63) is 47.6 Å². The van der Waals surface area contributed by atoms with Gasteiger partial charge in [0.1, 0.15) is 11.4 Å². The lowest BCUT2D eigenvalue weighted by molar-refractivity contribution is 0.168. The second-order valence-electron chi connectivity index (χ2n) is 5.51. The van der Waals surface area contributed by atoms with Crippen LogP contribution in [0.15, 0.2) is 42.0 Å². The minimum Gasteiger partial charge on any atom is -0.478 e. The first-order valence-electron chi connectivity index (χ1n) is 6.86. The molecule has 1 aliphatic heterocycles. The average Bonchev–Trinajstić information content (AvgIpc) is 2.40. The van der Waals surface area contributed by atoms with E-state index < -0.39 is 0 Å². The Kier molecular flexibility index (Phi) is 2.77. The quantitative estimate of drug-likeness (QED) is 0.644. The summed E-state index contributed by atoms with van der Waals surface area (Å²) in [4.78, 5) is 0. The molecule has 0 unspecified atom stereocenters. The van der Waals surface area contributed by atoms with Crippen LogP contribution in [0.25, 0.3) is 5.57 Å². The molecule has 2 aliphatic rings. The number of rotatable bonds is 1. The summed E-state index contributed by atoms with van der Waals surface area (Å²) in [5.74, 6) is 1.02. The molecule has 1 aliphatic carbocycles. The molecule has 0 amide bonds. The molecule has 1 aromatic rings. The maximum Gasteiger partial charge on any atom is 0.146 e. The van der Waals surface area contributed by atoms with E-state index in [0.717, 1.165) is 5.75 Å². The van der Waals surface area contributed by atoms with Gasteiger partial charge in [-0.15, -0.1) is 0 Å². The molecule has 1 heteroatoms. The third-order valence-electron chi connectivity index (χ3n) is 4.05. The molecule has 1 nitrogen and oxygen atoms in total. The van der Waals surface area contributed by atoms with E-state index in [9.17, 15) is 0 Å². The second-order valence-corrected chi connectivity index (χ2v) is 5.51. The normalized spacial score (nSPS) is 26.8. The van der Waals surface area contributed by atoms with E-state index in [1.165, 1.54) is 42.4 Å². The van der Waals surface area contributed by atoms with Crippen LogP contribution >= 0.6 is 0 Å². The van der Waals surface area contributed by atoms with Gasteiger partial charge in [-0.25, -0.2) is 0 Å². The molecular formula is C17H20O. The van der Waals surface area contributed by atoms with E-state index in [0.29, 0.717) is 0 Å². The standard InChI is InChI=1S/C17H20O/c1-13-12-17(2,14-8-4-3-5-9-14)18-16-11-7-6-10-15(13)16/h6-8,10-12H,3-5,9H2,1-2H3/t17-/m1/s1. The Hall–Kier alpha value is -1.50. The van der Waals surface area contributed by atoms with Crippen molar-refractivity contribution in [1.29, 1.82) is 0 Å². The van der Waals surface area contributed by atoms with Gasteiger partial charge < -0.3 is 4.74 Å². The zero-order valence-corrected chi connectivity index (χ0v) is 11.2. The van der Waals surface area contributed by atoms with E-state index in [1.54, 1.807) is 0 Å². The predicted molar refractivity (Wildman–Crippen MR) is 75.7 cm³/mol. The van der Waals surface area contributed by atoms with Crippen molar-refractivity contribution in [3.63, 3.8) is 0 Å². The lowest BCUT2D eigenvalue weighted by Gasteiger charge is -2.36. The van der Waals surface area contributed by atoms with Gasteiger partial charge >= 0.3 is 0 Å². The fourth-order valence-corrected chi connectivity index (χ4v) is 3.08. The Balaban J connectivity index is 2.02. The number of hydrogen-bond acceptors (Lipinski definition) is 1. The molecule has 0 bridgehead atoms. The third kappa shape index (κ3) is 1.88. The van der Waals surface area contributed by atoms with Crippen LogP contribution in [0.3, 0.4) is 0 Å². The van der Waals surface area contributed by atoms with Crippen molar-refractivity contribution >= 4 is 5.57 Å². The van der Waals surface area contributed by atoms with Gasteiger partial charge in [-0.2, -0.15) is 0 Å². The van der Waals surface area contributed by atoms with E-state index in [1.807, 2.05) is 6.07 Å². The van der Waals surface area contributed by atoms with Gasteiger partial charge in [0.05, 0.1) is 0 Å². The summed E-state index contributed by atoms with van der Waals surface area (Å²) < 4.78 is 6.28. The van der Waals surface area contributed by atoms with Crippen molar-refractivity contribution in [2.75, 3.05) is 0 Å². The molecule has 0 fully saturated rings. The number of benzene rings is 1. The molecule has 0 saturated heterocycles. The highest BCUT2D eigenvalue weighted by Gasteiger charge is 2.33. The van der Waals surface area contributed by atoms with Crippen molar-refractivity contribution in [2.45, 2.75) is 45.1 Å². The molecule has 0 saturated carbocycles. The largest absolute Gasteiger partial charge is 0.478 e. The topological polar surface area (TPSA) is 9.23 Å². The van der Waals surface area contributed by atoms with Crippen molar-refractivity contribution in [2.24, 2.45) is 0 Å². The monoisotopic (exact) mass is 240 g/mol. The van der Waals surface area contributed by atoms with E-state index in [-0.39, 0.29) is 5.60 Å². The lowest BCUT2D eigenvalue weighted by Crippen LogP contribution is -2.35. The van der Waals surface area contributed by atoms with Crippen LogP contribution in [0, 0.1) is 0 Å². The zero-order chi connectivity index (χ0) is 12.6. The third-order valence-corrected chi connectivity index (χ3v) is 4.05. The first kappa shape index (κ1) is 11.6. The molecule has 94 valence electrons. The number of fused-ring (bicyclic) bond motifs is 1. The minimum atomic E-state index is -0.237. The predicted octanol–water partition coefficient (Wildman–Crippen LogP) is 4.74. The van der Waals surface area contributed by atoms with Gasteiger partial charge in [0.25, 0.3) is 0 Å². The summed E-state index contributed by atoms with van der Waals surface area (Å²) in [6.07, 6.45) is 9.64. The number of ether oxygens (including phenoxy) is 1. The van der Waals surface area contributed by atoms with Gasteiger partial charge in [-0.05, 0) is 62.8 Å². The summed E-state index contributed by atoms with van der Waals surface area (Å²) >= 11 is 0. The molecule has 0 aromatic heterocycles. The van der Waals surface area contributed by atoms with Crippen LogP contribution in [0.1, 0.15) is 45.1 Å². The van der Waals surface area contributed by atoms with Gasteiger partial charge in [0, 0.05) is 5.56 Å². The first-order chi connectivity index (χ1) is 8.69. The maximum atomic E-state index is 6.28. The number of hydrogen-bond donors (Lipinski definition) is 0. The molecule has 0 spiro atoms. The van der Waals surface area contributed by atoms with E-state index in [2.05, 4.69) is 44.2 Å². The van der Waals surface area contributed by atoms with Gasteiger partial charge in [0.2, 0.25) is 0 Å². The van der Waals surface area contributed by atoms with Crippen molar-refractivity contribution in [1.82, 2.24) is 0 Å². The van der Waals surface area contributed by atoms with E-state index >= 15 is 0 Å². The van der Waals surface area contributed by atoms with Crippen molar-refractivity contribution < 1.29 is 4.74 Å². The van der Waals surface area contributed by atoms with Gasteiger partial charge in [-0.1, -0.05) is 24.3 Å². The van der Waals surface area contributed by atoms with Gasteiger partial charge in [0.15, 0.2) is 0 Å². The Morgan fingerprint density at radius 2 is 2.00 bits per heavy atom. The van der Waals surface area contributed by atoms with Crippen LogP contribution in [-0.4, -0.2) is 5.60 Å². The summed E-state index contributed by atoms with van der Waals surface area (Å²) in [7, 11) is 0. The Bertz CT molecular complexity index is 524. The number of allylic oxidation sites excluding steroid dienone is 2. The molecule has 1 aromatic carbocycles. The average molecular weight is 240 g/mol. The molecule has 0 N–H and O–H groups in total. The molecule has 1 heterocycles. The maximum absolute atomic E-state index is 6.28. The van der Waals surface area contributed by atoms with Crippen LogP contribution in [0.4, 0.5) is 0 Å². The first-order valence-corrected chi connectivity index (χ1v) is 6.86. The SMILES string of the molecule is CC1=C[C@](C)(C2=CCCCC2)Oc2ccccc21. The summed E-state index contributed by atoms with van der Waals surface area (Å²) in [5.41, 5.74) is 3.76. The van der Waals surface area contributed by atoms with E-state index in [4.69, 9.17) is 4.74 Å². The van der Waals surface area contributed by atoms with Crippen LogP contribution in [0.5, 0.6) is 5.75 Å². The highest BCUT2D eigenvalue weighted by atomic mass is 16.5. The zero-order valence-electron chi connectivity index (χ0n) is 11.2. The fourth-order valence-electron chi connectivity index (χ4n) is 3.08. The molecule has 1 atom stereocenters. The van der Waals surface area contributed by atoms with Gasteiger partial charge in [-0.3, -0.25) is 0 Å². The number of para-hydroxylation sites is 1.